The van der Waals surface area contributed by atoms with Gasteiger partial charge in [-0.25, -0.2) is 0 Å². The SMILES string of the molecule is CCC(NC(=O)C1CCCN(C(=O)C(C)C)C1)c1ccc(C)cc1. The summed E-state index contributed by atoms with van der Waals surface area (Å²) in [6.45, 7) is 9.29. The molecule has 1 saturated heterocycles. The van der Waals surface area contributed by atoms with E-state index in [9.17, 15) is 9.59 Å². The third kappa shape index (κ3) is 4.59. The lowest BCUT2D eigenvalue weighted by molar-refractivity contribution is -0.138. The number of aryl methyl sites for hydroxylation is 1. The molecule has 1 N–H and O–H groups in total. The van der Waals surface area contributed by atoms with Gasteiger partial charge in [0.25, 0.3) is 0 Å². The van der Waals surface area contributed by atoms with E-state index in [0.717, 1.165) is 31.4 Å². The second-order valence-electron chi connectivity index (χ2n) is 7.16. The van der Waals surface area contributed by atoms with Gasteiger partial charge in [-0.3, -0.25) is 9.59 Å². The predicted octanol–water partition coefficient (Wildman–Crippen LogP) is 3.46. The molecule has 1 aromatic carbocycles. The average Bonchev–Trinajstić information content (AvgIpc) is 2.59. The number of amides is 2. The van der Waals surface area contributed by atoms with Crippen LogP contribution in [-0.4, -0.2) is 29.8 Å². The molecule has 0 spiro atoms. The summed E-state index contributed by atoms with van der Waals surface area (Å²) >= 11 is 0. The summed E-state index contributed by atoms with van der Waals surface area (Å²) in [6.07, 6.45) is 2.62. The van der Waals surface area contributed by atoms with Gasteiger partial charge in [-0.2, -0.15) is 0 Å². The highest BCUT2D eigenvalue weighted by atomic mass is 16.2. The lowest BCUT2D eigenvalue weighted by Crippen LogP contribution is -2.47. The molecule has 1 heterocycles. The first-order valence-corrected chi connectivity index (χ1v) is 9.08. The minimum atomic E-state index is -0.0963. The first-order valence-electron chi connectivity index (χ1n) is 9.08. The fraction of sp³-hybridized carbons (Fsp3) is 0.600. The van der Waals surface area contributed by atoms with Crippen LogP contribution < -0.4 is 5.32 Å². The van der Waals surface area contributed by atoms with Gasteiger partial charge in [0.15, 0.2) is 0 Å². The maximum Gasteiger partial charge on any atom is 0.225 e. The second-order valence-corrected chi connectivity index (χ2v) is 7.16. The Morgan fingerprint density at radius 1 is 1.25 bits per heavy atom. The molecule has 132 valence electrons. The van der Waals surface area contributed by atoms with Crippen molar-refractivity contribution in [3.8, 4) is 0 Å². The van der Waals surface area contributed by atoms with E-state index >= 15 is 0 Å². The zero-order chi connectivity index (χ0) is 17.7. The lowest BCUT2D eigenvalue weighted by Gasteiger charge is -2.34. The Labute approximate surface area is 145 Å². The number of carbonyl (C=O) groups excluding carboxylic acids is 2. The Balaban J connectivity index is 1.99. The van der Waals surface area contributed by atoms with Gasteiger partial charge >= 0.3 is 0 Å². The van der Waals surface area contributed by atoms with Gasteiger partial charge in [0.05, 0.1) is 12.0 Å². The van der Waals surface area contributed by atoms with Crippen LogP contribution in [-0.2, 0) is 9.59 Å². The Morgan fingerprint density at radius 2 is 1.92 bits per heavy atom. The molecule has 0 bridgehead atoms. The fourth-order valence-corrected chi connectivity index (χ4v) is 3.27. The Morgan fingerprint density at radius 3 is 2.50 bits per heavy atom. The molecule has 2 amide bonds. The van der Waals surface area contributed by atoms with Crippen LogP contribution in [0.3, 0.4) is 0 Å². The first-order chi connectivity index (χ1) is 11.4. The van der Waals surface area contributed by atoms with Crippen LogP contribution in [0.2, 0.25) is 0 Å². The molecule has 1 fully saturated rings. The van der Waals surface area contributed by atoms with Crippen molar-refractivity contribution >= 4 is 11.8 Å². The predicted molar refractivity (Wildman–Crippen MR) is 96.5 cm³/mol. The minimum absolute atomic E-state index is 0.0113. The normalized spacial score (nSPS) is 19.2. The van der Waals surface area contributed by atoms with Crippen molar-refractivity contribution in [2.45, 2.75) is 53.0 Å². The number of nitrogens with one attached hydrogen (secondary N) is 1. The highest BCUT2D eigenvalue weighted by Crippen LogP contribution is 2.22. The summed E-state index contributed by atoms with van der Waals surface area (Å²) < 4.78 is 0. The molecule has 4 nitrogen and oxygen atoms in total. The molecule has 1 aliphatic heterocycles. The van der Waals surface area contributed by atoms with Crippen molar-refractivity contribution in [2.24, 2.45) is 11.8 Å². The fourth-order valence-electron chi connectivity index (χ4n) is 3.27. The summed E-state index contributed by atoms with van der Waals surface area (Å²) in [5.41, 5.74) is 2.36. The van der Waals surface area contributed by atoms with Crippen molar-refractivity contribution in [1.29, 1.82) is 0 Å². The lowest BCUT2D eigenvalue weighted by atomic mass is 9.95. The molecule has 0 aromatic heterocycles. The van der Waals surface area contributed by atoms with E-state index in [1.165, 1.54) is 5.56 Å². The third-order valence-electron chi connectivity index (χ3n) is 4.80. The van der Waals surface area contributed by atoms with Gasteiger partial charge in [-0.15, -0.1) is 0 Å². The summed E-state index contributed by atoms with van der Waals surface area (Å²) in [6, 6.07) is 8.36. The zero-order valence-corrected chi connectivity index (χ0v) is 15.3. The van der Waals surface area contributed by atoms with Crippen LogP contribution in [0.4, 0.5) is 0 Å². The van der Waals surface area contributed by atoms with Crippen molar-refractivity contribution in [3.63, 3.8) is 0 Å². The quantitative estimate of drug-likeness (QED) is 0.899. The number of piperidine rings is 1. The van der Waals surface area contributed by atoms with Gasteiger partial charge in [-0.05, 0) is 31.7 Å². The van der Waals surface area contributed by atoms with Crippen LogP contribution in [0, 0.1) is 18.8 Å². The van der Waals surface area contributed by atoms with Crippen LogP contribution in [0.1, 0.15) is 57.2 Å². The average molecular weight is 330 g/mol. The number of rotatable bonds is 5. The zero-order valence-electron chi connectivity index (χ0n) is 15.3. The molecule has 2 unspecified atom stereocenters. The Kier molecular flexibility index (Phi) is 6.41. The molecule has 1 aliphatic rings. The standard InChI is InChI=1S/C20H30N2O2/c1-5-18(16-10-8-15(4)9-11-16)21-19(23)17-7-6-12-22(13-17)20(24)14(2)3/h8-11,14,17-18H,5-7,12-13H2,1-4H3,(H,21,23). The van der Waals surface area contributed by atoms with Crippen LogP contribution >= 0.6 is 0 Å². The summed E-state index contributed by atoms with van der Waals surface area (Å²) in [5.74, 6) is 0.116. The molecule has 2 atom stereocenters. The molecular formula is C20H30N2O2. The summed E-state index contributed by atoms with van der Waals surface area (Å²) in [7, 11) is 0. The maximum atomic E-state index is 12.7. The number of nitrogens with zero attached hydrogens (tertiary/aromatic N) is 1. The molecule has 1 aromatic rings. The van der Waals surface area contributed by atoms with E-state index in [1.807, 2.05) is 18.7 Å². The molecule has 24 heavy (non-hydrogen) atoms. The number of hydrogen-bond donors (Lipinski definition) is 1. The molecule has 0 radical (unpaired) electrons. The maximum absolute atomic E-state index is 12.7. The van der Waals surface area contributed by atoms with E-state index in [1.54, 1.807) is 0 Å². The topological polar surface area (TPSA) is 49.4 Å². The second kappa shape index (κ2) is 8.32. The van der Waals surface area contributed by atoms with Gasteiger partial charge in [0, 0.05) is 19.0 Å². The Hall–Kier alpha value is -1.84. The monoisotopic (exact) mass is 330 g/mol. The Bertz CT molecular complexity index is 566. The van der Waals surface area contributed by atoms with Crippen molar-refractivity contribution in [1.82, 2.24) is 10.2 Å². The summed E-state index contributed by atoms with van der Waals surface area (Å²) in [4.78, 5) is 26.7. The highest BCUT2D eigenvalue weighted by Gasteiger charge is 2.30. The van der Waals surface area contributed by atoms with Gasteiger partial charge in [0.1, 0.15) is 0 Å². The van der Waals surface area contributed by atoms with Gasteiger partial charge < -0.3 is 10.2 Å². The van der Waals surface area contributed by atoms with Crippen LogP contribution in [0.5, 0.6) is 0 Å². The molecule has 0 saturated carbocycles. The van der Waals surface area contributed by atoms with E-state index < -0.39 is 0 Å². The van der Waals surface area contributed by atoms with E-state index in [0.29, 0.717) is 6.54 Å². The highest BCUT2D eigenvalue weighted by molar-refractivity contribution is 5.82. The summed E-state index contributed by atoms with van der Waals surface area (Å²) in [5, 5.41) is 3.18. The van der Waals surface area contributed by atoms with Crippen LogP contribution in [0.25, 0.3) is 0 Å². The largest absolute Gasteiger partial charge is 0.349 e. The minimum Gasteiger partial charge on any atom is -0.349 e. The molecule has 4 heteroatoms. The number of carbonyl (C=O) groups is 2. The van der Waals surface area contributed by atoms with Crippen molar-refractivity contribution in [3.05, 3.63) is 35.4 Å². The molecular weight excluding hydrogens is 300 g/mol. The van der Waals surface area contributed by atoms with E-state index in [-0.39, 0.29) is 29.7 Å². The van der Waals surface area contributed by atoms with Crippen molar-refractivity contribution in [2.75, 3.05) is 13.1 Å². The number of hydrogen-bond acceptors (Lipinski definition) is 2. The molecule has 2 rings (SSSR count). The van der Waals surface area contributed by atoms with Gasteiger partial charge in [-0.1, -0.05) is 50.6 Å². The van der Waals surface area contributed by atoms with Gasteiger partial charge in [0.2, 0.25) is 11.8 Å². The van der Waals surface area contributed by atoms with E-state index in [2.05, 4.69) is 43.4 Å². The van der Waals surface area contributed by atoms with E-state index in [4.69, 9.17) is 0 Å². The number of benzene rings is 1. The third-order valence-corrected chi connectivity index (χ3v) is 4.80. The smallest absolute Gasteiger partial charge is 0.225 e. The molecule has 0 aliphatic carbocycles. The van der Waals surface area contributed by atoms with Crippen LogP contribution in [0.15, 0.2) is 24.3 Å². The first kappa shape index (κ1) is 18.5. The van der Waals surface area contributed by atoms with Crippen molar-refractivity contribution < 1.29 is 9.59 Å². The number of likely N-dealkylation sites (tertiary alicyclic amines) is 1.